The molecule has 0 fully saturated rings. The quantitative estimate of drug-likeness (QED) is 0.616. The van der Waals surface area contributed by atoms with Crippen LogP contribution in [-0.2, 0) is 30.5 Å². The maximum absolute atomic E-state index is 13.2. The van der Waals surface area contributed by atoms with Crippen molar-refractivity contribution in [2.24, 2.45) is 0 Å². The van der Waals surface area contributed by atoms with Crippen LogP contribution in [0.4, 0.5) is 13.2 Å². The van der Waals surface area contributed by atoms with Crippen LogP contribution in [-0.4, -0.2) is 28.0 Å². The SMILES string of the molecule is COc1cc(-n2nc(OCc3cccnc3)c3c2C[C@@H](C)OC3)ccc1C(F)(F)F. The highest BCUT2D eigenvalue weighted by molar-refractivity contribution is 5.48. The normalized spacial score (nSPS) is 16.2. The summed E-state index contributed by atoms with van der Waals surface area (Å²) in [5.74, 6) is 0.127. The smallest absolute Gasteiger partial charge is 0.419 e. The van der Waals surface area contributed by atoms with E-state index >= 15 is 0 Å². The Morgan fingerprint density at radius 2 is 2.10 bits per heavy atom. The molecule has 0 unspecified atom stereocenters. The summed E-state index contributed by atoms with van der Waals surface area (Å²) in [5.41, 5.74) is 2.13. The summed E-state index contributed by atoms with van der Waals surface area (Å²) in [6, 6.07) is 7.41. The van der Waals surface area contributed by atoms with Gasteiger partial charge in [-0.2, -0.15) is 13.2 Å². The average molecular weight is 419 g/mol. The van der Waals surface area contributed by atoms with Gasteiger partial charge in [0, 0.05) is 30.4 Å². The van der Waals surface area contributed by atoms with Gasteiger partial charge < -0.3 is 14.2 Å². The molecule has 0 saturated heterocycles. The molecule has 3 aromatic rings. The van der Waals surface area contributed by atoms with Crippen molar-refractivity contribution < 1.29 is 27.4 Å². The molecule has 158 valence electrons. The molecule has 1 aliphatic heterocycles. The van der Waals surface area contributed by atoms with E-state index in [0.717, 1.165) is 22.9 Å². The second kappa shape index (κ2) is 7.98. The third-order valence-corrected chi connectivity index (χ3v) is 4.88. The first kappa shape index (κ1) is 20.2. The predicted molar refractivity (Wildman–Crippen MR) is 102 cm³/mol. The molecular formula is C21H20F3N3O3. The largest absolute Gasteiger partial charge is 0.496 e. The first-order chi connectivity index (χ1) is 14.4. The van der Waals surface area contributed by atoms with Gasteiger partial charge in [-0.05, 0) is 25.1 Å². The molecule has 6 nitrogen and oxygen atoms in total. The first-order valence-electron chi connectivity index (χ1n) is 9.36. The third kappa shape index (κ3) is 3.97. The van der Waals surface area contributed by atoms with Gasteiger partial charge in [-0.15, -0.1) is 5.10 Å². The number of alkyl halides is 3. The van der Waals surface area contributed by atoms with E-state index in [-0.39, 0.29) is 18.5 Å². The highest BCUT2D eigenvalue weighted by atomic mass is 19.4. The Hall–Kier alpha value is -3.07. The van der Waals surface area contributed by atoms with Crippen LogP contribution in [0, 0.1) is 0 Å². The molecule has 0 amide bonds. The van der Waals surface area contributed by atoms with Crippen LogP contribution in [0.15, 0.2) is 42.7 Å². The zero-order valence-electron chi connectivity index (χ0n) is 16.4. The number of nitrogens with zero attached hydrogens (tertiary/aromatic N) is 3. The first-order valence-corrected chi connectivity index (χ1v) is 9.36. The Bertz CT molecular complexity index is 1040. The fourth-order valence-electron chi connectivity index (χ4n) is 3.38. The van der Waals surface area contributed by atoms with Crippen molar-refractivity contribution in [1.29, 1.82) is 0 Å². The van der Waals surface area contributed by atoms with Crippen molar-refractivity contribution in [3.63, 3.8) is 0 Å². The minimum atomic E-state index is -4.51. The summed E-state index contributed by atoms with van der Waals surface area (Å²) in [5, 5.41) is 4.54. The number of aromatic nitrogens is 3. The van der Waals surface area contributed by atoms with E-state index in [1.807, 2.05) is 19.1 Å². The molecule has 1 aliphatic rings. The Kier molecular flexibility index (Phi) is 5.38. The van der Waals surface area contributed by atoms with Gasteiger partial charge in [0.15, 0.2) is 0 Å². The van der Waals surface area contributed by atoms with E-state index in [9.17, 15) is 13.2 Å². The van der Waals surface area contributed by atoms with E-state index in [4.69, 9.17) is 14.2 Å². The minimum Gasteiger partial charge on any atom is -0.496 e. The molecule has 30 heavy (non-hydrogen) atoms. The number of benzene rings is 1. The van der Waals surface area contributed by atoms with Gasteiger partial charge in [0.2, 0.25) is 5.88 Å². The summed E-state index contributed by atoms with van der Waals surface area (Å²) in [6.07, 6.45) is -0.624. The lowest BCUT2D eigenvalue weighted by molar-refractivity contribution is -0.138. The zero-order valence-corrected chi connectivity index (χ0v) is 16.4. The Balaban J connectivity index is 1.72. The van der Waals surface area contributed by atoms with Crippen LogP contribution in [0.5, 0.6) is 11.6 Å². The molecule has 1 atom stereocenters. The fraction of sp³-hybridized carbons (Fsp3) is 0.333. The van der Waals surface area contributed by atoms with Crippen LogP contribution in [0.3, 0.4) is 0 Å². The summed E-state index contributed by atoms with van der Waals surface area (Å²) < 4.78 is 57.9. The van der Waals surface area contributed by atoms with Gasteiger partial charge in [-0.25, -0.2) is 4.68 Å². The number of hydrogen-bond acceptors (Lipinski definition) is 5. The van der Waals surface area contributed by atoms with Gasteiger partial charge in [0.1, 0.15) is 12.4 Å². The summed E-state index contributed by atoms with van der Waals surface area (Å²) in [7, 11) is 1.21. The average Bonchev–Trinajstić information content (AvgIpc) is 3.09. The van der Waals surface area contributed by atoms with E-state index in [0.29, 0.717) is 24.6 Å². The molecule has 0 saturated carbocycles. The van der Waals surface area contributed by atoms with Gasteiger partial charge in [0.05, 0.1) is 42.3 Å². The van der Waals surface area contributed by atoms with Crippen LogP contribution in [0.25, 0.3) is 5.69 Å². The van der Waals surface area contributed by atoms with Crippen molar-refractivity contribution in [2.45, 2.75) is 38.8 Å². The third-order valence-electron chi connectivity index (χ3n) is 4.88. The molecule has 0 bridgehead atoms. The Morgan fingerprint density at radius 1 is 1.27 bits per heavy atom. The molecular weight excluding hydrogens is 399 g/mol. The van der Waals surface area contributed by atoms with E-state index in [1.54, 1.807) is 17.1 Å². The zero-order chi connectivity index (χ0) is 21.3. The lowest BCUT2D eigenvalue weighted by Gasteiger charge is -2.21. The molecule has 0 radical (unpaired) electrons. The molecule has 0 aliphatic carbocycles. The van der Waals surface area contributed by atoms with Crippen LogP contribution in [0.1, 0.15) is 29.3 Å². The lowest BCUT2D eigenvalue weighted by atomic mass is 10.1. The molecule has 0 spiro atoms. The number of methoxy groups -OCH3 is 1. The fourth-order valence-corrected chi connectivity index (χ4v) is 3.38. The number of pyridine rings is 1. The number of fused-ring (bicyclic) bond motifs is 1. The summed E-state index contributed by atoms with van der Waals surface area (Å²) >= 11 is 0. The second-order valence-corrected chi connectivity index (χ2v) is 7.00. The second-order valence-electron chi connectivity index (χ2n) is 7.00. The van der Waals surface area contributed by atoms with Gasteiger partial charge >= 0.3 is 6.18 Å². The van der Waals surface area contributed by atoms with Crippen LogP contribution >= 0.6 is 0 Å². The van der Waals surface area contributed by atoms with Crippen molar-refractivity contribution in [2.75, 3.05) is 7.11 Å². The van der Waals surface area contributed by atoms with Gasteiger partial charge in [-0.1, -0.05) is 6.07 Å². The number of ether oxygens (including phenoxy) is 3. The van der Waals surface area contributed by atoms with Gasteiger partial charge in [0.25, 0.3) is 0 Å². The standard InChI is InChI=1S/C21H20F3N3O3/c1-13-8-18-16(12-29-13)20(30-11-14-4-3-7-25-10-14)26-27(18)15-5-6-17(21(22,23)24)19(9-15)28-2/h3-7,9-10,13H,8,11-12H2,1-2H3/t13-/m1/s1. The molecule has 4 rings (SSSR count). The van der Waals surface area contributed by atoms with Crippen LogP contribution in [0.2, 0.25) is 0 Å². The molecule has 0 N–H and O–H groups in total. The van der Waals surface area contributed by atoms with Crippen molar-refractivity contribution in [3.8, 4) is 17.3 Å². The number of hydrogen-bond donors (Lipinski definition) is 0. The minimum absolute atomic E-state index is 0.0459. The Morgan fingerprint density at radius 3 is 2.80 bits per heavy atom. The highest BCUT2D eigenvalue weighted by Crippen LogP contribution is 2.38. The predicted octanol–water partition coefficient (Wildman–Crippen LogP) is 4.33. The van der Waals surface area contributed by atoms with Crippen molar-refractivity contribution in [1.82, 2.24) is 14.8 Å². The van der Waals surface area contributed by atoms with Crippen molar-refractivity contribution in [3.05, 3.63) is 65.1 Å². The monoisotopic (exact) mass is 419 g/mol. The number of rotatable bonds is 5. The maximum Gasteiger partial charge on any atom is 0.419 e. The maximum atomic E-state index is 13.2. The van der Waals surface area contributed by atoms with E-state index < -0.39 is 11.7 Å². The molecule has 1 aromatic carbocycles. The summed E-state index contributed by atoms with van der Waals surface area (Å²) in [6.45, 7) is 2.52. The topological polar surface area (TPSA) is 58.4 Å². The van der Waals surface area contributed by atoms with Crippen LogP contribution < -0.4 is 9.47 Å². The summed E-state index contributed by atoms with van der Waals surface area (Å²) in [4.78, 5) is 4.06. The molecule has 9 heteroatoms. The Labute approximate surface area is 171 Å². The van der Waals surface area contributed by atoms with E-state index in [2.05, 4.69) is 10.1 Å². The lowest BCUT2D eigenvalue weighted by Crippen LogP contribution is -2.21. The molecule has 3 heterocycles. The van der Waals surface area contributed by atoms with E-state index in [1.165, 1.54) is 19.2 Å². The van der Waals surface area contributed by atoms with Gasteiger partial charge in [-0.3, -0.25) is 4.98 Å². The van der Waals surface area contributed by atoms with Crippen molar-refractivity contribution >= 4 is 0 Å². The number of halogens is 3. The molecule has 2 aromatic heterocycles. The highest BCUT2D eigenvalue weighted by Gasteiger charge is 2.35.